The van der Waals surface area contributed by atoms with Gasteiger partial charge in [-0.05, 0) is 42.8 Å². The summed E-state index contributed by atoms with van der Waals surface area (Å²) in [6.07, 6.45) is 0. The number of nitrogens with one attached hydrogen (secondary N) is 1. The number of benzene rings is 2. The molecule has 0 aliphatic carbocycles. The Morgan fingerprint density at radius 3 is 2.50 bits per heavy atom. The molecule has 0 bridgehead atoms. The first-order valence-corrected chi connectivity index (χ1v) is 6.02. The molecule has 0 unspecified atom stereocenters. The Hall–Kier alpha value is -2.56. The molecule has 0 saturated heterocycles. The van der Waals surface area contributed by atoms with Crippen molar-refractivity contribution in [2.75, 3.05) is 18.2 Å². The Labute approximate surface area is 116 Å². The average molecular weight is 274 g/mol. The number of ether oxygens (including phenoxy) is 1. The number of esters is 1. The standard InChI is InChI=1S/C15H15FN2O2/c1-9-3-4-11(8-13(9)16)18-10-5-6-14(17)12(7-10)15(19)20-2/h3-8,18H,17H2,1-2H3. The highest BCUT2D eigenvalue weighted by Crippen LogP contribution is 2.23. The number of carbonyl (C=O) groups is 1. The molecule has 2 aromatic rings. The second-order valence-corrected chi connectivity index (χ2v) is 4.38. The zero-order valence-corrected chi connectivity index (χ0v) is 11.2. The maximum Gasteiger partial charge on any atom is 0.340 e. The first kappa shape index (κ1) is 13.9. The fourth-order valence-corrected chi connectivity index (χ4v) is 1.76. The van der Waals surface area contributed by atoms with Gasteiger partial charge in [-0.3, -0.25) is 0 Å². The monoisotopic (exact) mass is 274 g/mol. The SMILES string of the molecule is COC(=O)c1cc(Nc2ccc(C)c(F)c2)ccc1N. The number of rotatable bonds is 3. The molecule has 0 saturated carbocycles. The second kappa shape index (κ2) is 5.61. The van der Waals surface area contributed by atoms with Crippen LogP contribution >= 0.6 is 0 Å². The first-order chi connectivity index (χ1) is 9.51. The normalized spacial score (nSPS) is 10.2. The highest BCUT2D eigenvalue weighted by Gasteiger charge is 2.11. The van der Waals surface area contributed by atoms with Gasteiger partial charge in [-0.2, -0.15) is 0 Å². The third kappa shape index (κ3) is 2.88. The zero-order chi connectivity index (χ0) is 14.7. The maximum atomic E-state index is 13.5. The van der Waals surface area contributed by atoms with Crippen molar-refractivity contribution < 1.29 is 13.9 Å². The average Bonchev–Trinajstić information content (AvgIpc) is 2.44. The summed E-state index contributed by atoms with van der Waals surface area (Å²) in [6, 6.07) is 9.70. The van der Waals surface area contributed by atoms with E-state index in [1.165, 1.54) is 13.2 Å². The topological polar surface area (TPSA) is 64.3 Å². The fourth-order valence-electron chi connectivity index (χ4n) is 1.76. The minimum absolute atomic E-state index is 0.269. The Kier molecular flexibility index (Phi) is 3.89. The number of carbonyl (C=O) groups excluding carboxylic acids is 1. The molecule has 5 heteroatoms. The van der Waals surface area contributed by atoms with E-state index in [1.807, 2.05) is 0 Å². The minimum atomic E-state index is -0.513. The van der Waals surface area contributed by atoms with Crippen molar-refractivity contribution in [3.8, 4) is 0 Å². The van der Waals surface area contributed by atoms with Gasteiger partial charge in [0.25, 0.3) is 0 Å². The summed E-state index contributed by atoms with van der Waals surface area (Å²) in [5.41, 5.74) is 8.11. The molecule has 0 spiro atoms. The van der Waals surface area contributed by atoms with Crippen molar-refractivity contribution in [1.82, 2.24) is 0 Å². The van der Waals surface area contributed by atoms with E-state index in [1.54, 1.807) is 37.3 Å². The van der Waals surface area contributed by atoms with Crippen LogP contribution in [0.2, 0.25) is 0 Å². The quantitative estimate of drug-likeness (QED) is 0.666. The number of nitrogen functional groups attached to an aromatic ring is 1. The number of halogens is 1. The summed E-state index contributed by atoms with van der Waals surface area (Å²) < 4.78 is 18.1. The molecule has 0 aliphatic rings. The van der Waals surface area contributed by atoms with Crippen molar-refractivity contribution in [2.45, 2.75) is 6.92 Å². The van der Waals surface area contributed by atoms with Gasteiger partial charge >= 0.3 is 5.97 Å². The van der Waals surface area contributed by atoms with E-state index in [2.05, 4.69) is 10.1 Å². The molecule has 0 fully saturated rings. The molecule has 3 N–H and O–H groups in total. The first-order valence-electron chi connectivity index (χ1n) is 6.02. The molecule has 0 aromatic heterocycles. The predicted molar refractivity (Wildman–Crippen MR) is 76.6 cm³/mol. The zero-order valence-electron chi connectivity index (χ0n) is 11.2. The number of aryl methyl sites for hydroxylation is 1. The second-order valence-electron chi connectivity index (χ2n) is 4.38. The van der Waals surface area contributed by atoms with E-state index in [-0.39, 0.29) is 11.4 Å². The van der Waals surface area contributed by atoms with Gasteiger partial charge in [-0.1, -0.05) is 6.07 Å². The summed E-state index contributed by atoms with van der Waals surface area (Å²) in [6.45, 7) is 1.69. The van der Waals surface area contributed by atoms with Crippen LogP contribution < -0.4 is 11.1 Å². The molecule has 0 heterocycles. The van der Waals surface area contributed by atoms with Crippen LogP contribution in [0, 0.1) is 12.7 Å². The fraction of sp³-hybridized carbons (Fsp3) is 0.133. The van der Waals surface area contributed by atoms with Crippen LogP contribution in [0.15, 0.2) is 36.4 Å². The largest absolute Gasteiger partial charge is 0.465 e. The lowest BCUT2D eigenvalue weighted by Gasteiger charge is -2.10. The van der Waals surface area contributed by atoms with E-state index < -0.39 is 5.97 Å². The van der Waals surface area contributed by atoms with E-state index in [0.717, 1.165) is 0 Å². The summed E-state index contributed by atoms with van der Waals surface area (Å²) >= 11 is 0. The van der Waals surface area contributed by atoms with Crippen LogP contribution in [0.3, 0.4) is 0 Å². The number of anilines is 3. The summed E-state index contributed by atoms with van der Waals surface area (Å²) in [5.74, 6) is -0.806. The van der Waals surface area contributed by atoms with Crippen LogP contribution in [0.1, 0.15) is 15.9 Å². The number of methoxy groups -OCH3 is 1. The highest BCUT2D eigenvalue weighted by molar-refractivity contribution is 5.96. The van der Waals surface area contributed by atoms with Gasteiger partial charge in [0.2, 0.25) is 0 Å². The Morgan fingerprint density at radius 1 is 1.20 bits per heavy atom. The van der Waals surface area contributed by atoms with Crippen LogP contribution in [0.5, 0.6) is 0 Å². The minimum Gasteiger partial charge on any atom is -0.465 e. The molecule has 0 atom stereocenters. The molecule has 20 heavy (non-hydrogen) atoms. The molecule has 0 amide bonds. The third-order valence-electron chi connectivity index (χ3n) is 2.92. The van der Waals surface area contributed by atoms with Gasteiger partial charge in [-0.15, -0.1) is 0 Å². The Morgan fingerprint density at radius 2 is 1.85 bits per heavy atom. The molecule has 0 aliphatic heterocycles. The van der Waals surface area contributed by atoms with E-state index in [0.29, 0.717) is 22.6 Å². The van der Waals surface area contributed by atoms with Crippen molar-refractivity contribution in [3.63, 3.8) is 0 Å². The van der Waals surface area contributed by atoms with Gasteiger partial charge in [0.15, 0.2) is 0 Å². The van der Waals surface area contributed by atoms with Crippen molar-refractivity contribution in [2.24, 2.45) is 0 Å². The molecule has 2 rings (SSSR count). The molecule has 0 radical (unpaired) electrons. The lowest BCUT2D eigenvalue weighted by atomic mass is 10.1. The molecular formula is C15H15FN2O2. The van der Waals surface area contributed by atoms with E-state index in [9.17, 15) is 9.18 Å². The number of hydrogen-bond donors (Lipinski definition) is 2. The van der Waals surface area contributed by atoms with Crippen LogP contribution in [-0.4, -0.2) is 13.1 Å². The lowest BCUT2D eigenvalue weighted by Crippen LogP contribution is -2.06. The number of nitrogens with two attached hydrogens (primary N) is 1. The van der Waals surface area contributed by atoms with E-state index in [4.69, 9.17) is 5.73 Å². The van der Waals surface area contributed by atoms with Gasteiger partial charge in [0.1, 0.15) is 5.82 Å². The maximum absolute atomic E-state index is 13.5. The van der Waals surface area contributed by atoms with Gasteiger partial charge in [-0.25, -0.2) is 9.18 Å². The Bertz CT molecular complexity index is 656. The molecule has 104 valence electrons. The molecular weight excluding hydrogens is 259 g/mol. The summed E-state index contributed by atoms with van der Waals surface area (Å²) in [5, 5.41) is 3.02. The summed E-state index contributed by atoms with van der Waals surface area (Å²) in [7, 11) is 1.29. The third-order valence-corrected chi connectivity index (χ3v) is 2.92. The molecule has 2 aromatic carbocycles. The Balaban J connectivity index is 2.29. The number of hydrogen-bond acceptors (Lipinski definition) is 4. The van der Waals surface area contributed by atoms with Crippen LogP contribution in [-0.2, 0) is 4.74 Å². The van der Waals surface area contributed by atoms with Crippen molar-refractivity contribution in [3.05, 3.63) is 53.3 Å². The van der Waals surface area contributed by atoms with Gasteiger partial charge in [0.05, 0.1) is 12.7 Å². The van der Waals surface area contributed by atoms with Crippen molar-refractivity contribution in [1.29, 1.82) is 0 Å². The predicted octanol–water partition coefficient (Wildman–Crippen LogP) is 3.25. The smallest absolute Gasteiger partial charge is 0.340 e. The van der Waals surface area contributed by atoms with Gasteiger partial charge < -0.3 is 15.8 Å². The van der Waals surface area contributed by atoms with Crippen LogP contribution in [0.4, 0.5) is 21.5 Å². The van der Waals surface area contributed by atoms with Crippen molar-refractivity contribution >= 4 is 23.0 Å². The van der Waals surface area contributed by atoms with Gasteiger partial charge in [0, 0.05) is 17.1 Å². The molecule has 4 nitrogen and oxygen atoms in total. The highest BCUT2D eigenvalue weighted by atomic mass is 19.1. The van der Waals surface area contributed by atoms with E-state index >= 15 is 0 Å². The lowest BCUT2D eigenvalue weighted by molar-refractivity contribution is 0.0602. The summed E-state index contributed by atoms with van der Waals surface area (Å²) in [4.78, 5) is 11.5. The van der Waals surface area contributed by atoms with Crippen LogP contribution in [0.25, 0.3) is 0 Å².